The molecule has 2 fully saturated rings. The minimum atomic E-state index is -0.938. The first-order chi connectivity index (χ1) is 15.1. The fourth-order valence-corrected chi connectivity index (χ4v) is 5.42. The maximum absolute atomic E-state index is 13.6. The molecule has 2 aromatic rings. The van der Waals surface area contributed by atoms with Crippen molar-refractivity contribution in [3.63, 3.8) is 0 Å². The molecule has 7 nitrogen and oxygen atoms in total. The highest BCUT2D eigenvalue weighted by molar-refractivity contribution is 6.00. The highest BCUT2D eigenvalue weighted by atomic mass is 16.3. The molecule has 0 aromatic carbocycles. The van der Waals surface area contributed by atoms with E-state index in [-0.39, 0.29) is 17.9 Å². The first-order valence-electron chi connectivity index (χ1n) is 11.6. The van der Waals surface area contributed by atoms with Crippen LogP contribution in [0.2, 0.25) is 0 Å². The van der Waals surface area contributed by atoms with Crippen molar-refractivity contribution in [2.24, 2.45) is 0 Å². The molecule has 5 rings (SSSR count). The molecule has 166 valence electrons. The van der Waals surface area contributed by atoms with E-state index < -0.39 is 5.54 Å². The number of rotatable bonds is 6. The van der Waals surface area contributed by atoms with Crippen molar-refractivity contribution in [1.82, 2.24) is 19.7 Å². The number of fused-ring (bicyclic) bond motifs is 1. The number of amides is 2. The van der Waals surface area contributed by atoms with Crippen LogP contribution < -0.4 is 5.32 Å². The number of furan rings is 1. The summed E-state index contributed by atoms with van der Waals surface area (Å²) < 4.78 is 7.56. The Kier molecular flexibility index (Phi) is 5.38. The average molecular weight is 425 g/mol. The summed E-state index contributed by atoms with van der Waals surface area (Å²) in [6.45, 7) is 5.88. The number of hydrogen-bond donors (Lipinski definition) is 1. The third kappa shape index (κ3) is 3.69. The first kappa shape index (κ1) is 20.4. The molecule has 2 aliphatic heterocycles. The molecule has 1 saturated carbocycles. The number of nitrogens with one attached hydrogen (secondary N) is 1. The topological polar surface area (TPSA) is 70.7 Å². The van der Waals surface area contributed by atoms with Gasteiger partial charge in [-0.2, -0.15) is 0 Å². The summed E-state index contributed by atoms with van der Waals surface area (Å²) in [5.74, 6) is 0.592. The van der Waals surface area contributed by atoms with Crippen molar-refractivity contribution < 1.29 is 14.0 Å². The Hall–Kier alpha value is -2.54. The van der Waals surface area contributed by atoms with Gasteiger partial charge in [0, 0.05) is 19.1 Å². The molecule has 4 heterocycles. The largest absolute Gasteiger partial charge is 0.463 e. The van der Waals surface area contributed by atoms with E-state index in [2.05, 4.69) is 10.2 Å². The molecular weight excluding hydrogens is 392 g/mol. The van der Waals surface area contributed by atoms with Crippen molar-refractivity contribution in [1.29, 1.82) is 0 Å². The summed E-state index contributed by atoms with van der Waals surface area (Å²) in [4.78, 5) is 31.4. The van der Waals surface area contributed by atoms with Gasteiger partial charge in [0.1, 0.15) is 17.0 Å². The van der Waals surface area contributed by atoms with E-state index in [9.17, 15) is 9.59 Å². The van der Waals surface area contributed by atoms with Gasteiger partial charge < -0.3 is 24.1 Å². The number of nitrogens with zero attached hydrogens (tertiary/aromatic N) is 3. The van der Waals surface area contributed by atoms with Crippen LogP contribution in [-0.2, 0) is 11.3 Å². The Morgan fingerprint density at radius 2 is 1.84 bits per heavy atom. The van der Waals surface area contributed by atoms with E-state index >= 15 is 0 Å². The number of carbonyl (C=O) groups is 2. The van der Waals surface area contributed by atoms with Gasteiger partial charge in [0.25, 0.3) is 5.91 Å². The molecule has 7 heteroatoms. The fourth-order valence-electron chi connectivity index (χ4n) is 5.42. The van der Waals surface area contributed by atoms with Crippen LogP contribution >= 0.6 is 0 Å². The van der Waals surface area contributed by atoms with Crippen LogP contribution in [0, 0.1) is 0 Å². The normalized spacial score (nSPS) is 24.7. The predicted octanol–water partition coefficient (Wildman–Crippen LogP) is 3.12. The lowest BCUT2D eigenvalue weighted by Crippen LogP contribution is -2.65. The van der Waals surface area contributed by atoms with Crippen LogP contribution in [-0.4, -0.2) is 63.9 Å². The zero-order valence-corrected chi connectivity index (χ0v) is 18.3. The summed E-state index contributed by atoms with van der Waals surface area (Å²) in [5.41, 5.74) is 0.527. The smallest absolute Gasteiger partial charge is 0.271 e. The molecule has 1 atom stereocenters. The Balaban J connectivity index is 1.46. The molecule has 0 bridgehead atoms. The lowest BCUT2D eigenvalue weighted by molar-refractivity contribution is -0.133. The summed E-state index contributed by atoms with van der Waals surface area (Å²) in [5, 5.41) is 3.26. The zero-order valence-electron chi connectivity index (χ0n) is 18.3. The third-order valence-corrected chi connectivity index (χ3v) is 7.30. The molecule has 0 spiro atoms. The van der Waals surface area contributed by atoms with Crippen LogP contribution in [0.15, 0.2) is 34.9 Å². The lowest BCUT2D eigenvalue weighted by atomic mass is 9.94. The highest BCUT2D eigenvalue weighted by Crippen LogP contribution is 2.34. The number of aromatic nitrogens is 1. The molecule has 1 N–H and O–H groups in total. The number of carbonyl (C=O) groups excluding carboxylic acids is 2. The van der Waals surface area contributed by atoms with Crippen molar-refractivity contribution in [3.8, 4) is 11.5 Å². The Morgan fingerprint density at radius 3 is 2.55 bits per heavy atom. The van der Waals surface area contributed by atoms with Crippen molar-refractivity contribution >= 4 is 11.8 Å². The van der Waals surface area contributed by atoms with E-state index in [4.69, 9.17) is 4.42 Å². The second kappa shape index (κ2) is 8.19. The maximum Gasteiger partial charge on any atom is 0.271 e. The molecule has 3 aliphatic rings. The van der Waals surface area contributed by atoms with E-state index in [0.717, 1.165) is 51.0 Å². The van der Waals surface area contributed by atoms with E-state index in [1.165, 1.54) is 12.8 Å². The number of hydrogen-bond acceptors (Lipinski definition) is 4. The molecule has 0 radical (unpaired) electrons. The van der Waals surface area contributed by atoms with Gasteiger partial charge in [-0.1, -0.05) is 12.8 Å². The van der Waals surface area contributed by atoms with Crippen molar-refractivity contribution in [2.45, 2.75) is 63.6 Å². The Morgan fingerprint density at radius 1 is 1.10 bits per heavy atom. The molecule has 1 saturated heterocycles. The average Bonchev–Trinajstić information content (AvgIpc) is 3.54. The third-order valence-electron chi connectivity index (χ3n) is 7.30. The summed E-state index contributed by atoms with van der Waals surface area (Å²) in [6.07, 6.45) is 8.42. The minimum absolute atomic E-state index is 0.0427. The fraction of sp³-hybridized carbons (Fsp3) is 0.583. The van der Waals surface area contributed by atoms with Gasteiger partial charge in [-0.05, 0) is 70.0 Å². The molecular formula is C24H32N4O3. The molecule has 0 unspecified atom stereocenters. The van der Waals surface area contributed by atoms with Gasteiger partial charge in [-0.3, -0.25) is 9.59 Å². The van der Waals surface area contributed by atoms with Crippen molar-refractivity contribution in [2.75, 3.05) is 26.2 Å². The first-order valence-corrected chi connectivity index (χ1v) is 11.6. The minimum Gasteiger partial charge on any atom is -0.463 e. The SMILES string of the molecule is C[C@]1(C(=O)NC2CCCC2)Cn2c(ccc2-c2ccco2)C(=O)N1CCN1CCCC1. The Labute approximate surface area is 183 Å². The van der Waals surface area contributed by atoms with E-state index in [1.54, 1.807) is 6.26 Å². The second-order valence-corrected chi connectivity index (χ2v) is 9.40. The quantitative estimate of drug-likeness (QED) is 0.774. The predicted molar refractivity (Wildman–Crippen MR) is 118 cm³/mol. The summed E-state index contributed by atoms with van der Waals surface area (Å²) in [6, 6.07) is 7.73. The van der Waals surface area contributed by atoms with E-state index in [0.29, 0.717) is 24.5 Å². The monoisotopic (exact) mass is 424 g/mol. The zero-order chi connectivity index (χ0) is 21.4. The van der Waals surface area contributed by atoms with Gasteiger partial charge in [0.15, 0.2) is 0 Å². The molecule has 2 aromatic heterocycles. The van der Waals surface area contributed by atoms with Gasteiger partial charge in [0.2, 0.25) is 5.91 Å². The van der Waals surface area contributed by atoms with Gasteiger partial charge in [-0.25, -0.2) is 0 Å². The standard InChI is InChI=1S/C24H32N4O3/c1-24(23(30)25-18-7-2-3-8-18)17-27-19(21-9-6-16-31-21)10-11-20(27)22(29)28(24)15-14-26-12-4-5-13-26/h6,9-11,16,18H,2-5,7-8,12-15,17H2,1H3,(H,25,30)/t24-/m1/s1. The maximum atomic E-state index is 13.6. The highest BCUT2D eigenvalue weighted by Gasteiger charge is 2.48. The van der Waals surface area contributed by atoms with E-state index in [1.807, 2.05) is 40.7 Å². The second-order valence-electron chi connectivity index (χ2n) is 9.40. The molecule has 2 amide bonds. The van der Waals surface area contributed by atoms with Crippen LogP contribution in [0.3, 0.4) is 0 Å². The summed E-state index contributed by atoms with van der Waals surface area (Å²) in [7, 11) is 0. The lowest BCUT2D eigenvalue weighted by Gasteiger charge is -2.45. The van der Waals surface area contributed by atoms with Gasteiger partial charge >= 0.3 is 0 Å². The van der Waals surface area contributed by atoms with Gasteiger partial charge in [0.05, 0.1) is 18.5 Å². The Bertz CT molecular complexity index is 938. The van der Waals surface area contributed by atoms with Gasteiger partial charge in [-0.15, -0.1) is 0 Å². The van der Waals surface area contributed by atoms with Crippen LogP contribution in [0.5, 0.6) is 0 Å². The van der Waals surface area contributed by atoms with Crippen molar-refractivity contribution in [3.05, 3.63) is 36.2 Å². The van der Waals surface area contributed by atoms with Crippen LogP contribution in [0.25, 0.3) is 11.5 Å². The number of likely N-dealkylation sites (tertiary alicyclic amines) is 1. The molecule has 31 heavy (non-hydrogen) atoms. The summed E-state index contributed by atoms with van der Waals surface area (Å²) >= 11 is 0. The molecule has 1 aliphatic carbocycles. The van der Waals surface area contributed by atoms with Crippen LogP contribution in [0.4, 0.5) is 0 Å². The van der Waals surface area contributed by atoms with Crippen LogP contribution in [0.1, 0.15) is 55.9 Å².